The lowest BCUT2D eigenvalue weighted by atomic mass is 9.91. The summed E-state index contributed by atoms with van der Waals surface area (Å²) in [4.78, 5) is 0. The summed E-state index contributed by atoms with van der Waals surface area (Å²) < 4.78 is 15.7. The van der Waals surface area contributed by atoms with E-state index in [0.29, 0.717) is 12.1 Å². The van der Waals surface area contributed by atoms with Gasteiger partial charge in [0.1, 0.15) is 0 Å². The minimum absolute atomic E-state index is 0.547. The molecule has 0 radical (unpaired) electrons. The topological polar surface area (TPSA) is 20.3 Å². The van der Waals surface area contributed by atoms with Crippen LogP contribution in [0.5, 0.6) is 0 Å². The summed E-state index contributed by atoms with van der Waals surface area (Å²) in [7, 11) is -1.40. The summed E-state index contributed by atoms with van der Waals surface area (Å²) in [5.41, 5.74) is 0. The molecule has 3 heteroatoms. The van der Waals surface area contributed by atoms with Crippen LogP contribution in [0.1, 0.15) is 64.2 Å². The van der Waals surface area contributed by atoms with Gasteiger partial charge in [-0.25, -0.2) is 0 Å². The molecule has 114 valence electrons. The van der Waals surface area contributed by atoms with Gasteiger partial charge in [0.15, 0.2) is 0 Å². The number of nitrogens with zero attached hydrogens (tertiary/aromatic N) is 1. The first kappa shape index (κ1) is 15.2. The van der Waals surface area contributed by atoms with Crippen LogP contribution >= 0.6 is 7.95 Å². The van der Waals surface area contributed by atoms with Crippen LogP contribution in [0.4, 0.5) is 0 Å². The van der Waals surface area contributed by atoms with Gasteiger partial charge in [-0.2, -0.15) is 0 Å². The van der Waals surface area contributed by atoms with Gasteiger partial charge in [0.05, 0.1) is 12.1 Å². The fourth-order valence-corrected chi connectivity index (χ4v) is 5.72. The van der Waals surface area contributed by atoms with Crippen molar-refractivity contribution in [3.8, 4) is 0 Å². The Morgan fingerprint density at radius 3 is 1.71 bits per heavy atom. The van der Waals surface area contributed by atoms with E-state index in [1.165, 1.54) is 64.2 Å². The van der Waals surface area contributed by atoms with Gasteiger partial charge in [-0.15, -0.1) is 0 Å². The molecule has 0 saturated heterocycles. The summed E-state index contributed by atoms with van der Waals surface area (Å²) in [6.45, 7) is 0. The van der Waals surface area contributed by atoms with Gasteiger partial charge in [-0.05, 0) is 42.4 Å². The van der Waals surface area contributed by atoms with Gasteiger partial charge in [-0.3, -0.25) is 0 Å². The summed E-state index contributed by atoms with van der Waals surface area (Å²) in [6, 6.07) is 11.2. The Morgan fingerprint density at radius 2 is 1.24 bits per heavy atom. The molecule has 1 aromatic rings. The third-order valence-electron chi connectivity index (χ3n) is 5.08. The molecule has 0 amide bonds. The van der Waals surface area contributed by atoms with E-state index in [4.69, 9.17) is 0 Å². The van der Waals surface area contributed by atoms with E-state index < -0.39 is 7.95 Å². The van der Waals surface area contributed by atoms with Crippen LogP contribution in [0.3, 0.4) is 0 Å². The third-order valence-corrected chi connectivity index (χ3v) is 6.90. The van der Waals surface area contributed by atoms with Gasteiger partial charge in [0, 0.05) is 0 Å². The lowest BCUT2D eigenvalue weighted by Crippen LogP contribution is -2.41. The van der Waals surface area contributed by atoms with Crippen molar-refractivity contribution in [2.75, 3.05) is 0 Å². The lowest BCUT2D eigenvalue weighted by Gasteiger charge is -2.33. The fraction of sp³-hybridized carbons (Fsp3) is 0.667. The molecule has 0 heterocycles. The number of benzene rings is 1. The minimum Gasteiger partial charge on any atom is -0.0858 e. The maximum atomic E-state index is 13.2. The molecule has 1 aromatic carbocycles. The highest BCUT2D eigenvalue weighted by atomic mass is 31.1. The molecule has 2 fully saturated rings. The predicted molar refractivity (Wildman–Crippen MR) is 89.3 cm³/mol. The number of hydrogen-bond donors (Lipinski definition) is 0. The predicted octanol–water partition coefficient (Wildman–Crippen LogP) is 5.02. The van der Waals surface area contributed by atoms with E-state index in [1.54, 1.807) is 0 Å². The highest BCUT2D eigenvalue weighted by molar-refractivity contribution is 7.51. The molecule has 2 saturated carbocycles. The van der Waals surface area contributed by atoms with Crippen molar-refractivity contribution in [3.05, 3.63) is 30.3 Å². The summed E-state index contributed by atoms with van der Waals surface area (Å²) in [6.07, 6.45) is 12.9. The second-order valence-corrected chi connectivity index (χ2v) is 8.10. The molecule has 2 aliphatic rings. The van der Waals surface area contributed by atoms with E-state index in [9.17, 15) is 4.57 Å². The van der Waals surface area contributed by atoms with Crippen LogP contribution < -0.4 is 5.30 Å². The Morgan fingerprint density at radius 1 is 0.762 bits per heavy atom. The molecule has 2 nitrogen and oxygen atoms in total. The van der Waals surface area contributed by atoms with Gasteiger partial charge in [0.25, 0.3) is 0 Å². The van der Waals surface area contributed by atoms with E-state index >= 15 is 0 Å². The molecule has 21 heavy (non-hydrogen) atoms. The standard InChI is InChI=1S/C18H27NOP/c20-21(18-14-8-3-9-15-18)19(16-10-4-1-5-11-16)17-12-6-2-7-13-17/h3,8-9,14-17H,1-2,4-7,10-13H2/q+1. The Balaban J connectivity index is 1.81. The molecular formula is C18H27NOP+. The highest BCUT2D eigenvalue weighted by Crippen LogP contribution is 2.40. The van der Waals surface area contributed by atoms with Gasteiger partial charge < -0.3 is 0 Å². The van der Waals surface area contributed by atoms with Crippen molar-refractivity contribution >= 4 is 13.3 Å². The molecular weight excluding hydrogens is 277 g/mol. The smallest absolute Gasteiger partial charge is 0.0858 e. The van der Waals surface area contributed by atoms with Crippen LogP contribution in [0, 0.1) is 0 Å². The highest BCUT2D eigenvalue weighted by Gasteiger charge is 2.42. The van der Waals surface area contributed by atoms with Crippen LogP contribution in [0.25, 0.3) is 0 Å². The van der Waals surface area contributed by atoms with Gasteiger partial charge in [0.2, 0.25) is 5.30 Å². The Labute approximate surface area is 129 Å². The maximum absolute atomic E-state index is 13.2. The van der Waals surface area contributed by atoms with Crippen molar-refractivity contribution < 1.29 is 4.57 Å². The monoisotopic (exact) mass is 304 g/mol. The molecule has 0 N–H and O–H groups in total. The normalized spacial score (nSPS) is 22.4. The SMILES string of the molecule is O=[P+](c1ccccc1)N(C1CCCCC1)C1CCCCC1. The summed E-state index contributed by atoms with van der Waals surface area (Å²) in [5, 5.41) is 1.02. The van der Waals surface area contributed by atoms with Crippen molar-refractivity contribution in [1.82, 2.24) is 4.67 Å². The van der Waals surface area contributed by atoms with Crippen LogP contribution in [-0.2, 0) is 4.57 Å². The van der Waals surface area contributed by atoms with Gasteiger partial charge >= 0.3 is 7.95 Å². The van der Waals surface area contributed by atoms with Crippen molar-refractivity contribution in [2.24, 2.45) is 0 Å². The van der Waals surface area contributed by atoms with Crippen LogP contribution in [0.15, 0.2) is 30.3 Å². The van der Waals surface area contributed by atoms with Gasteiger partial charge in [-0.1, -0.05) is 61.4 Å². The summed E-state index contributed by atoms with van der Waals surface area (Å²) >= 11 is 0. The zero-order chi connectivity index (χ0) is 14.5. The average Bonchev–Trinajstić information content (AvgIpc) is 2.58. The molecule has 1 atom stereocenters. The maximum Gasteiger partial charge on any atom is 0.474 e. The van der Waals surface area contributed by atoms with E-state index in [0.717, 1.165) is 5.30 Å². The lowest BCUT2D eigenvalue weighted by molar-refractivity contribution is 0.174. The first-order chi connectivity index (χ1) is 10.4. The quantitative estimate of drug-likeness (QED) is 0.728. The average molecular weight is 304 g/mol. The number of hydrogen-bond acceptors (Lipinski definition) is 1. The second kappa shape index (κ2) is 7.51. The van der Waals surface area contributed by atoms with E-state index in [2.05, 4.69) is 4.67 Å². The van der Waals surface area contributed by atoms with Crippen LogP contribution in [0.2, 0.25) is 0 Å². The molecule has 2 aliphatic carbocycles. The first-order valence-electron chi connectivity index (χ1n) is 8.67. The van der Waals surface area contributed by atoms with Crippen molar-refractivity contribution in [1.29, 1.82) is 0 Å². The van der Waals surface area contributed by atoms with E-state index in [-0.39, 0.29) is 0 Å². The molecule has 0 aromatic heterocycles. The number of rotatable bonds is 4. The second-order valence-electron chi connectivity index (χ2n) is 6.57. The third kappa shape index (κ3) is 3.73. The largest absolute Gasteiger partial charge is 0.474 e. The molecule has 0 aliphatic heterocycles. The van der Waals surface area contributed by atoms with Crippen molar-refractivity contribution in [3.63, 3.8) is 0 Å². The Hall–Kier alpha value is -0.720. The zero-order valence-electron chi connectivity index (χ0n) is 12.9. The van der Waals surface area contributed by atoms with Crippen molar-refractivity contribution in [2.45, 2.75) is 76.3 Å². The summed E-state index contributed by atoms with van der Waals surface area (Å²) in [5.74, 6) is 0. The van der Waals surface area contributed by atoms with E-state index in [1.807, 2.05) is 30.3 Å². The minimum atomic E-state index is -1.40. The fourth-order valence-electron chi connectivity index (χ4n) is 3.97. The zero-order valence-corrected chi connectivity index (χ0v) is 13.8. The Bertz CT molecular complexity index is 432. The molecule has 1 unspecified atom stereocenters. The van der Waals surface area contributed by atoms with Crippen LogP contribution in [-0.4, -0.2) is 16.8 Å². The molecule has 3 rings (SSSR count). The molecule has 0 bridgehead atoms. The molecule has 0 spiro atoms. The Kier molecular flexibility index (Phi) is 5.43. The first-order valence-corrected chi connectivity index (χ1v) is 9.88.